The average molecular weight is 396 g/mol. The van der Waals surface area contributed by atoms with Gasteiger partial charge in [-0.1, -0.05) is 45.0 Å². The smallest absolute Gasteiger partial charge is 0.306 e. The van der Waals surface area contributed by atoms with E-state index in [9.17, 15) is 14.4 Å². The number of carbonyl (C=O) groups is 3. The van der Waals surface area contributed by atoms with Crippen molar-refractivity contribution in [2.75, 3.05) is 13.2 Å². The van der Waals surface area contributed by atoms with Crippen LogP contribution >= 0.6 is 0 Å². The second-order valence-corrected chi connectivity index (χ2v) is 7.79. The molecule has 154 valence electrons. The summed E-state index contributed by atoms with van der Waals surface area (Å²) in [6.45, 7) is 8.40. The fourth-order valence-corrected chi connectivity index (χ4v) is 2.72. The van der Waals surface area contributed by atoms with E-state index < -0.39 is 5.97 Å². The molecule has 0 aromatic heterocycles. The molecular formula is C24H28O5. The quantitative estimate of drug-likeness (QED) is 0.451. The minimum atomic E-state index is -0.566. The van der Waals surface area contributed by atoms with E-state index in [1.54, 1.807) is 36.4 Å². The molecule has 2 aromatic carbocycles. The number of ketones is 2. The zero-order valence-corrected chi connectivity index (χ0v) is 17.5. The van der Waals surface area contributed by atoms with E-state index in [1.807, 2.05) is 19.1 Å². The predicted octanol–water partition coefficient (Wildman–Crippen LogP) is 4.77. The SMILES string of the molecule is CCOc1ccc(C(=O)CCC(=O)OCC(=O)c2ccc(C(C)(C)C)cc2)cc1. The van der Waals surface area contributed by atoms with E-state index in [4.69, 9.17) is 9.47 Å². The van der Waals surface area contributed by atoms with Gasteiger partial charge in [-0.15, -0.1) is 0 Å². The molecule has 0 aliphatic carbocycles. The van der Waals surface area contributed by atoms with Gasteiger partial charge in [-0.05, 0) is 42.2 Å². The largest absolute Gasteiger partial charge is 0.494 e. The Morgan fingerprint density at radius 2 is 1.34 bits per heavy atom. The highest BCUT2D eigenvalue weighted by Gasteiger charge is 2.16. The van der Waals surface area contributed by atoms with Crippen LogP contribution in [0.15, 0.2) is 48.5 Å². The van der Waals surface area contributed by atoms with Gasteiger partial charge in [-0.2, -0.15) is 0 Å². The summed E-state index contributed by atoms with van der Waals surface area (Å²) >= 11 is 0. The van der Waals surface area contributed by atoms with Gasteiger partial charge in [-0.3, -0.25) is 14.4 Å². The monoisotopic (exact) mass is 396 g/mol. The number of esters is 1. The molecule has 0 saturated heterocycles. The Bertz CT molecular complexity index is 842. The van der Waals surface area contributed by atoms with Crippen molar-refractivity contribution >= 4 is 17.5 Å². The molecule has 0 heterocycles. The lowest BCUT2D eigenvalue weighted by Gasteiger charge is -2.18. The van der Waals surface area contributed by atoms with E-state index in [-0.39, 0.29) is 36.4 Å². The molecule has 0 spiro atoms. The molecule has 0 aliphatic heterocycles. The summed E-state index contributed by atoms with van der Waals surface area (Å²) in [5.74, 6) is -0.299. The summed E-state index contributed by atoms with van der Waals surface area (Å²) in [5.41, 5.74) is 2.13. The highest BCUT2D eigenvalue weighted by molar-refractivity contribution is 5.99. The molecule has 0 amide bonds. The third-order valence-electron chi connectivity index (χ3n) is 4.48. The molecule has 0 aliphatic rings. The summed E-state index contributed by atoms with van der Waals surface area (Å²) < 4.78 is 10.4. The van der Waals surface area contributed by atoms with E-state index in [1.165, 1.54) is 0 Å². The molecule has 0 bridgehead atoms. The van der Waals surface area contributed by atoms with Crippen LogP contribution in [-0.4, -0.2) is 30.7 Å². The highest BCUT2D eigenvalue weighted by atomic mass is 16.5. The Balaban J connectivity index is 1.79. The van der Waals surface area contributed by atoms with Crippen LogP contribution in [0.1, 0.15) is 66.8 Å². The van der Waals surface area contributed by atoms with Crippen LogP contribution in [0.4, 0.5) is 0 Å². The van der Waals surface area contributed by atoms with Gasteiger partial charge < -0.3 is 9.47 Å². The fraction of sp³-hybridized carbons (Fsp3) is 0.375. The third kappa shape index (κ3) is 6.86. The van der Waals surface area contributed by atoms with Crippen LogP contribution in [0.2, 0.25) is 0 Å². The van der Waals surface area contributed by atoms with Gasteiger partial charge in [0.05, 0.1) is 13.0 Å². The maximum Gasteiger partial charge on any atom is 0.306 e. The Hall–Kier alpha value is -2.95. The van der Waals surface area contributed by atoms with Gasteiger partial charge in [0.1, 0.15) is 5.75 Å². The van der Waals surface area contributed by atoms with Crippen molar-refractivity contribution in [1.29, 1.82) is 0 Å². The summed E-state index contributed by atoms with van der Waals surface area (Å²) in [4.78, 5) is 36.3. The van der Waals surface area contributed by atoms with Crippen molar-refractivity contribution in [3.63, 3.8) is 0 Å². The minimum Gasteiger partial charge on any atom is -0.494 e. The zero-order chi connectivity index (χ0) is 21.4. The maximum atomic E-state index is 12.2. The van der Waals surface area contributed by atoms with Gasteiger partial charge in [0.25, 0.3) is 0 Å². The van der Waals surface area contributed by atoms with Crippen molar-refractivity contribution in [2.24, 2.45) is 0 Å². The molecular weight excluding hydrogens is 368 g/mol. The molecule has 2 rings (SSSR count). The number of carbonyl (C=O) groups excluding carboxylic acids is 3. The molecule has 29 heavy (non-hydrogen) atoms. The minimum absolute atomic E-state index is 0.00390. The van der Waals surface area contributed by atoms with Gasteiger partial charge in [0.15, 0.2) is 18.2 Å². The molecule has 0 N–H and O–H groups in total. The normalized spacial score (nSPS) is 11.0. The lowest BCUT2D eigenvalue weighted by atomic mass is 9.86. The van der Waals surface area contributed by atoms with E-state index in [0.717, 1.165) is 5.56 Å². The lowest BCUT2D eigenvalue weighted by Crippen LogP contribution is -2.16. The number of hydrogen-bond acceptors (Lipinski definition) is 5. The number of rotatable bonds is 9. The van der Waals surface area contributed by atoms with Crippen molar-refractivity contribution in [2.45, 2.75) is 46.0 Å². The molecule has 2 aromatic rings. The van der Waals surface area contributed by atoms with Crippen LogP contribution in [0, 0.1) is 0 Å². The Morgan fingerprint density at radius 3 is 1.90 bits per heavy atom. The molecule has 0 unspecified atom stereocenters. The zero-order valence-electron chi connectivity index (χ0n) is 17.5. The third-order valence-corrected chi connectivity index (χ3v) is 4.48. The first-order valence-electron chi connectivity index (χ1n) is 9.76. The predicted molar refractivity (Wildman–Crippen MR) is 112 cm³/mol. The number of hydrogen-bond donors (Lipinski definition) is 0. The molecule has 0 radical (unpaired) electrons. The summed E-state index contributed by atoms with van der Waals surface area (Å²) in [6, 6.07) is 14.1. The van der Waals surface area contributed by atoms with Crippen molar-refractivity contribution in [1.82, 2.24) is 0 Å². The maximum absolute atomic E-state index is 12.2. The van der Waals surface area contributed by atoms with Crippen molar-refractivity contribution < 1.29 is 23.9 Å². The topological polar surface area (TPSA) is 69.7 Å². The standard InChI is InChI=1S/C24H28O5/c1-5-28-20-12-8-17(9-13-20)21(25)14-15-23(27)29-16-22(26)18-6-10-19(11-7-18)24(2,3)4/h6-13H,5,14-16H2,1-4H3. The van der Waals surface area contributed by atoms with Crippen LogP contribution < -0.4 is 4.74 Å². The van der Waals surface area contributed by atoms with Gasteiger partial charge in [0.2, 0.25) is 0 Å². The van der Waals surface area contributed by atoms with Crippen LogP contribution in [0.3, 0.4) is 0 Å². The van der Waals surface area contributed by atoms with E-state index in [2.05, 4.69) is 20.8 Å². The van der Waals surface area contributed by atoms with E-state index in [0.29, 0.717) is 23.5 Å². The fourth-order valence-electron chi connectivity index (χ4n) is 2.72. The van der Waals surface area contributed by atoms with Gasteiger partial charge >= 0.3 is 5.97 Å². The first-order valence-corrected chi connectivity index (χ1v) is 9.76. The second kappa shape index (κ2) is 10.0. The Kier molecular flexibility index (Phi) is 7.71. The average Bonchev–Trinajstić information content (AvgIpc) is 2.70. The van der Waals surface area contributed by atoms with Gasteiger partial charge in [-0.25, -0.2) is 0 Å². The molecule has 0 atom stereocenters. The summed E-state index contributed by atoms with van der Waals surface area (Å²) in [7, 11) is 0. The molecule has 0 saturated carbocycles. The Labute approximate surface area is 172 Å². The van der Waals surface area contributed by atoms with Gasteiger partial charge in [0, 0.05) is 17.5 Å². The lowest BCUT2D eigenvalue weighted by molar-refractivity contribution is -0.142. The summed E-state index contributed by atoms with van der Waals surface area (Å²) in [6.07, 6.45) is -0.0381. The first kappa shape index (κ1) is 22.3. The summed E-state index contributed by atoms with van der Waals surface area (Å²) in [5, 5.41) is 0. The number of Topliss-reactive ketones (excluding diaryl/α,β-unsaturated/α-hetero) is 2. The van der Waals surface area contributed by atoms with Crippen LogP contribution in [-0.2, 0) is 14.9 Å². The van der Waals surface area contributed by atoms with E-state index >= 15 is 0 Å². The number of ether oxygens (including phenoxy) is 2. The van der Waals surface area contributed by atoms with Crippen molar-refractivity contribution in [3.8, 4) is 5.75 Å². The van der Waals surface area contributed by atoms with Crippen LogP contribution in [0.25, 0.3) is 0 Å². The molecule has 0 fully saturated rings. The highest BCUT2D eigenvalue weighted by Crippen LogP contribution is 2.22. The first-order chi connectivity index (χ1) is 13.7. The van der Waals surface area contributed by atoms with Crippen LogP contribution in [0.5, 0.6) is 5.75 Å². The molecule has 5 heteroatoms. The number of benzene rings is 2. The van der Waals surface area contributed by atoms with Crippen molar-refractivity contribution in [3.05, 3.63) is 65.2 Å². The second-order valence-electron chi connectivity index (χ2n) is 7.79. The molecule has 5 nitrogen and oxygen atoms in total. The Morgan fingerprint density at radius 1 is 0.793 bits per heavy atom.